The molecular weight excluding hydrogens is 291 g/mol. The van der Waals surface area contributed by atoms with Gasteiger partial charge in [0.15, 0.2) is 0 Å². The van der Waals surface area contributed by atoms with Crippen LogP contribution in [0.1, 0.15) is 11.1 Å². The van der Waals surface area contributed by atoms with Gasteiger partial charge in [0.2, 0.25) is 0 Å². The Bertz CT molecular complexity index is 584. The molecular formula is C17H18ClFO2. The van der Waals surface area contributed by atoms with Gasteiger partial charge in [0.25, 0.3) is 0 Å². The first-order chi connectivity index (χ1) is 10.1. The topological polar surface area (TPSA) is 29.5 Å². The minimum absolute atomic E-state index is 0.0407. The standard InChI is InChI=1S/C17H18ClFO2/c1-21-15-5-2-12(3-6-15)8-14(11-20)9-13-4-7-16(18)17(19)10-13/h2-7,10,14,20H,8-9,11H2,1H3. The van der Waals surface area contributed by atoms with Crippen LogP contribution in [0.15, 0.2) is 42.5 Å². The summed E-state index contributed by atoms with van der Waals surface area (Å²) in [6.07, 6.45) is 1.33. The van der Waals surface area contributed by atoms with Crippen LogP contribution < -0.4 is 4.74 Å². The number of ether oxygens (including phenoxy) is 1. The van der Waals surface area contributed by atoms with E-state index in [1.54, 1.807) is 19.2 Å². The molecule has 21 heavy (non-hydrogen) atoms. The molecule has 0 saturated carbocycles. The molecule has 1 atom stereocenters. The van der Waals surface area contributed by atoms with Gasteiger partial charge in [0.1, 0.15) is 11.6 Å². The molecule has 2 rings (SSSR count). The lowest BCUT2D eigenvalue weighted by molar-refractivity contribution is 0.225. The van der Waals surface area contributed by atoms with Crippen molar-refractivity contribution in [3.63, 3.8) is 0 Å². The number of halogens is 2. The molecule has 0 aromatic heterocycles. The summed E-state index contributed by atoms with van der Waals surface area (Å²) in [7, 11) is 1.63. The Morgan fingerprint density at radius 2 is 1.71 bits per heavy atom. The smallest absolute Gasteiger partial charge is 0.142 e. The molecule has 2 nitrogen and oxygen atoms in total. The maximum atomic E-state index is 13.4. The largest absolute Gasteiger partial charge is 0.497 e. The van der Waals surface area contributed by atoms with Crippen LogP contribution in [0.5, 0.6) is 5.75 Å². The van der Waals surface area contributed by atoms with Gasteiger partial charge in [-0.05, 0) is 54.2 Å². The lowest BCUT2D eigenvalue weighted by atomic mass is 9.93. The van der Waals surface area contributed by atoms with Gasteiger partial charge in [0, 0.05) is 6.61 Å². The van der Waals surface area contributed by atoms with E-state index in [4.69, 9.17) is 16.3 Å². The second-order valence-corrected chi connectivity index (χ2v) is 5.46. The minimum atomic E-state index is -0.421. The quantitative estimate of drug-likeness (QED) is 0.877. The van der Waals surface area contributed by atoms with Crippen LogP contribution in [0.2, 0.25) is 5.02 Å². The monoisotopic (exact) mass is 308 g/mol. The molecule has 0 aliphatic carbocycles. The summed E-state index contributed by atoms with van der Waals surface area (Å²) in [4.78, 5) is 0. The van der Waals surface area contributed by atoms with E-state index in [2.05, 4.69) is 0 Å². The van der Waals surface area contributed by atoms with Gasteiger partial charge >= 0.3 is 0 Å². The highest BCUT2D eigenvalue weighted by molar-refractivity contribution is 6.30. The van der Waals surface area contributed by atoms with Crippen molar-refractivity contribution in [2.45, 2.75) is 12.8 Å². The fourth-order valence-electron chi connectivity index (χ4n) is 2.30. The molecule has 0 heterocycles. The van der Waals surface area contributed by atoms with Gasteiger partial charge in [-0.1, -0.05) is 29.8 Å². The SMILES string of the molecule is COc1ccc(CC(CO)Cc2ccc(Cl)c(F)c2)cc1. The van der Waals surface area contributed by atoms with Crippen LogP contribution in [-0.4, -0.2) is 18.8 Å². The summed E-state index contributed by atoms with van der Waals surface area (Å²) in [6, 6.07) is 12.5. The van der Waals surface area contributed by atoms with Crippen molar-refractivity contribution >= 4 is 11.6 Å². The van der Waals surface area contributed by atoms with Crippen LogP contribution in [-0.2, 0) is 12.8 Å². The van der Waals surface area contributed by atoms with Crippen LogP contribution in [0.3, 0.4) is 0 Å². The molecule has 1 unspecified atom stereocenters. The van der Waals surface area contributed by atoms with Gasteiger partial charge in [-0.15, -0.1) is 0 Å². The van der Waals surface area contributed by atoms with Crippen molar-refractivity contribution in [2.75, 3.05) is 13.7 Å². The average molecular weight is 309 g/mol. The summed E-state index contributed by atoms with van der Waals surface area (Å²) in [5.41, 5.74) is 1.95. The van der Waals surface area contributed by atoms with Gasteiger partial charge in [-0.3, -0.25) is 0 Å². The van der Waals surface area contributed by atoms with E-state index in [1.807, 2.05) is 24.3 Å². The summed E-state index contributed by atoms with van der Waals surface area (Å²) in [5, 5.41) is 9.65. The number of methoxy groups -OCH3 is 1. The van der Waals surface area contributed by atoms with Crippen molar-refractivity contribution in [3.05, 3.63) is 64.4 Å². The molecule has 0 bridgehead atoms. The molecule has 0 aliphatic rings. The first kappa shape index (κ1) is 15.8. The van der Waals surface area contributed by atoms with Crippen molar-refractivity contribution < 1.29 is 14.2 Å². The second-order valence-electron chi connectivity index (χ2n) is 5.05. The third-order valence-electron chi connectivity index (χ3n) is 3.45. The number of benzene rings is 2. The van der Waals surface area contributed by atoms with Gasteiger partial charge in [-0.25, -0.2) is 4.39 Å². The van der Waals surface area contributed by atoms with E-state index in [0.717, 1.165) is 23.3 Å². The van der Waals surface area contributed by atoms with E-state index in [1.165, 1.54) is 6.07 Å². The molecule has 0 amide bonds. The number of aliphatic hydroxyl groups excluding tert-OH is 1. The molecule has 0 fully saturated rings. The molecule has 0 spiro atoms. The van der Waals surface area contributed by atoms with E-state index >= 15 is 0 Å². The molecule has 4 heteroatoms. The fourth-order valence-corrected chi connectivity index (χ4v) is 2.41. The summed E-state index contributed by atoms with van der Waals surface area (Å²) < 4.78 is 18.6. The third-order valence-corrected chi connectivity index (χ3v) is 3.76. The van der Waals surface area contributed by atoms with Gasteiger partial charge in [-0.2, -0.15) is 0 Å². The molecule has 1 N–H and O–H groups in total. The van der Waals surface area contributed by atoms with Crippen molar-refractivity contribution in [3.8, 4) is 5.75 Å². The van der Waals surface area contributed by atoms with Gasteiger partial charge < -0.3 is 9.84 Å². The van der Waals surface area contributed by atoms with Crippen molar-refractivity contribution in [1.29, 1.82) is 0 Å². The Morgan fingerprint density at radius 3 is 2.29 bits per heavy atom. The maximum absolute atomic E-state index is 13.4. The van der Waals surface area contributed by atoms with Crippen molar-refractivity contribution in [1.82, 2.24) is 0 Å². The Morgan fingerprint density at radius 1 is 1.10 bits per heavy atom. The highest BCUT2D eigenvalue weighted by atomic mass is 35.5. The highest BCUT2D eigenvalue weighted by Crippen LogP contribution is 2.20. The van der Waals surface area contributed by atoms with Crippen LogP contribution >= 0.6 is 11.6 Å². The molecule has 0 radical (unpaired) electrons. The molecule has 0 aliphatic heterocycles. The molecule has 2 aromatic carbocycles. The highest BCUT2D eigenvalue weighted by Gasteiger charge is 2.11. The Labute approximate surface area is 129 Å². The maximum Gasteiger partial charge on any atom is 0.142 e. The fraction of sp³-hybridized carbons (Fsp3) is 0.294. The Hall–Kier alpha value is -1.58. The van der Waals surface area contributed by atoms with E-state index in [0.29, 0.717) is 6.42 Å². The predicted octanol–water partition coefficient (Wildman–Crippen LogP) is 3.88. The lowest BCUT2D eigenvalue weighted by Crippen LogP contribution is -2.13. The summed E-state index contributed by atoms with van der Waals surface area (Å²) in [6.45, 7) is 0.0519. The van der Waals surface area contributed by atoms with Gasteiger partial charge in [0.05, 0.1) is 12.1 Å². The predicted molar refractivity (Wildman–Crippen MR) is 82.4 cm³/mol. The third kappa shape index (κ3) is 4.45. The lowest BCUT2D eigenvalue weighted by Gasteiger charge is -2.15. The average Bonchev–Trinajstić information content (AvgIpc) is 2.51. The zero-order valence-corrected chi connectivity index (χ0v) is 12.6. The van der Waals surface area contributed by atoms with E-state index < -0.39 is 5.82 Å². The molecule has 2 aromatic rings. The summed E-state index contributed by atoms with van der Waals surface area (Å²) >= 11 is 5.67. The Kier molecular flexibility index (Phi) is 5.59. The number of hydrogen-bond donors (Lipinski definition) is 1. The number of rotatable bonds is 6. The van der Waals surface area contributed by atoms with E-state index in [9.17, 15) is 9.50 Å². The number of hydrogen-bond acceptors (Lipinski definition) is 2. The first-order valence-electron chi connectivity index (χ1n) is 6.80. The molecule has 0 saturated heterocycles. The van der Waals surface area contributed by atoms with Crippen molar-refractivity contribution in [2.24, 2.45) is 5.92 Å². The normalized spacial score (nSPS) is 12.2. The molecule has 112 valence electrons. The van der Waals surface area contributed by atoms with Crippen LogP contribution in [0.4, 0.5) is 4.39 Å². The van der Waals surface area contributed by atoms with Crippen LogP contribution in [0, 0.1) is 11.7 Å². The second kappa shape index (κ2) is 7.43. The minimum Gasteiger partial charge on any atom is -0.497 e. The zero-order chi connectivity index (χ0) is 15.2. The Balaban J connectivity index is 2.03. The summed E-state index contributed by atoms with van der Waals surface area (Å²) in [5.74, 6) is 0.424. The zero-order valence-electron chi connectivity index (χ0n) is 11.9. The number of aliphatic hydroxyl groups is 1. The first-order valence-corrected chi connectivity index (χ1v) is 7.18. The van der Waals surface area contributed by atoms with E-state index in [-0.39, 0.29) is 17.5 Å². The van der Waals surface area contributed by atoms with Crippen LogP contribution in [0.25, 0.3) is 0 Å².